The van der Waals surface area contributed by atoms with Gasteiger partial charge < -0.3 is 0 Å². The van der Waals surface area contributed by atoms with E-state index in [-0.39, 0.29) is 6.10 Å². The number of hydrogen-bond donors (Lipinski definition) is 1. The highest BCUT2D eigenvalue weighted by molar-refractivity contribution is 4.99. The van der Waals surface area contributed by atoms with Crippen LogP contribution in [0.2, 0.25) is 0 Å². The summed E-state index contributed by atoms with van der Waals surface area (Å²) in [6.45, 7) is 6.96. The predicted octanol–water partition coefficient (Wildman–Crippen LogP) is 2.16. The van der Waals surface area contributed by atoms with E-state index in [9.17, 15) is 0 Å². The van der Waals surface area contributed by atoms with Crippen LogP contribution in [0.3, 0.4) is 0 Å². The van der Waals surface area contributed by atoms with Crippen LogP contribution in [0.25, 0.3) is 0 Å². The van der Waals surface area contributed by atoms with Gasteiger partial charge in [-0.15, -0.1) is 6.58 Å². The average molecular weight is 140 g/mol. The summed E-state index contributed by atoms with van der Waals surface area (Å²) in [5, 5.41) is 8.19. The Bertz CT molecular complexity index is 127. The lowest BCUT2D eigenvalue weighted by Crippen LogP contribution is -2.04. The average Bonchev–Trinajstić information content (AvgIpc) is 1.99. The van der Waals surface area contributed by atoms with Crippen LogP contribution in [-0.4, -0.2) is 11.4 Å². The van der Waals surface area contributed by atoms with Crippen molar-refractivity contribution < 1.29 is 10.1 Å². The molecule has 2 heteroatoms. The van der Waals surface area contributed by atoms with Gasteiger partial charge >= 0.3 is 0 Å². The molecule has 1 atom stereocenters. The van der Waals surface area contributed by atoms with Gasteiger partial charge in [-0.25, -0.2) is 4.89 Å². The summed E-state index contributed by atoms with van der Waals surface area (Å²) < 4.78 is 0. The van der Waals surface area contributed by atoms with Crippen LogP contribution in [0.5, 0.6) is 0 Å². The standard InChI is InChI=1S/C8H12O2/c1-3-5-6-7-8(4-2)10-9/h3-6,8-9H,1-2,7H2. The Hall–Kier alpha value is -0.860. The van der Waals surface area contributed by atoms with Crippen LogP contribution in [0, 0.1) is 0 Å². The number of hydrogen-bond acceptors (Lipinski definition) is 2. The Balaban J connectivity index is 3.52. The molecule has 10 heavy (non-hydrogen) atoms. The maximum atomic E-state index is 8.19. The number of rotatable bonds is 5. The van der Waals surface area contributed by atoms with Gasteiger partial charge in [-0.1, -0.05) is 30.9 Å². The van der Waals surface area contributed by atoms with Gasteiger partial charge in [0.25, 0.3) is 0 Å². The first-order chi connectivity index (χ1) is 4.85. The molecule has 0 aromatic heterocycles. The largest absolute Gasteiger partial charge is 0.251 e. The molecule has 0 heterocycles. The van der Waals surface area contributed by atoms with Gasteiger partial charge in [0.2, 0.25) is 0 Å². The van der Waals surface area contributed by atoms with Crippen LogP contribution < -0.4 is 0 Å². The van der Waals surface area contributed by atoms with Gasteiger partial charge in [-0.2, -0.15) is 0 Å². The van der Waals surface area contributed by atoms with Gasteiger partial charge in [0.1, 0.15) is 6.10 Å². The Morgan fingerprint density at radius 1 is 1.50 bits per heavy atom. The lowest BCUT2D eigenvalue weighted by molar-refractivity contribution is -0.264. The molecule has 0 radical (unpaired) electrons. The van der Waals surface area contributed by atoms with Crippen LogP contribution in [-0.2, 0) is 4.89 Å². The molecule has 0 spiro atoms. The fraction of sp³-hybridized carbons (Fsp3) is 0.250. The van der Waals surface area contributed by atoms with E-state index in [4.69, 9.17) is 5.26 Å². The van der Waals surface area contributed by atoms with Crippen molar-refractivity contribution in [3.05, 3.63) is 37.5 Å². The van der Waals surface area contributed by atoms with Crippen molar-refractivity contribution in [2.24, 2.45) is 0 Å². The summed E-state index contributed by atoms with van der Waals surface area (Å²) in [5.41, 5.74) is 0. The molecule has 0 saturated heterocycles. The van der Waals surface area contributed by atoms with Gasteiger partial charge in [0.15, 0.2) is 0 Å². The number of allylic oxidation sites excluding steroid dienone is 2. The molecule has 0 aromatic rings. The molecule has 56 valence electrons. The first-order valence-corrected chi connectivity index (χ1v) is 3.05. The molecule has 0 fully saturated rings. The molecule has 0 aliphatic rings. The van der Waals surface area contributed by atoms with E-state index in [1.165, 1.54) is 6.08 Å². The lowest BCUT2D eigenvalue weighted by Gasteiger charge is -2.02. The highest BCUT2D eigenvalue weighted by Crippen LogP contribution is 1.98. The van der Waals surface area contributed by atoms with E-state index in [2.05, 4.69) is 18.0 Å². The molecule has 1 unspecified atom stereocenters. The normalized spacial score (nSPS) is 13.3. The summed E-state index contributed by atoms with van der Waals surface area (Å²) in [5.74, 6) is 0. The topological polar surface area (TPSA) is 29.5 Å². The fourth-order valence-corrected chi connectivity index (χ4v) is 0.491. The summed E-state index contributed by atoms with van der Waals surface area (Å²) in [4.78, 5) is 4.04. The second-order valence-corrected chi connectivity index (χ2v) is 1.78. The molecule has 0 saturated carbocycles. The maximum absolute atomic E-state index is 8.19. The van der Waals surface area contributed by atoms with E-state index >= 15 is 0 Å². The molecular weight excluding hydrogens is 128 g/mol. The van der Waals surface area contributed by atoms with Crippen molar-refractivity contribution in [1.29, 1.82) is 0 Å². The quantitative estimate of drug-likeness (QED) is 0.274. The van der Waals surface area contributed by atoms with Crippen molar-refractivity contribution in [3.8, 4) is 0 Å². The van der Waals surface area contributed by atoms with Crippen molar-refractivity contribution in [2.75, 3.05) is 0 Å². The first kappa shape index (κ1) is 9.14. The van der Waals surface area contributed by atoms with E-state index < -0.39 is 0 Å². The molecule has 0 rings (SSSR count). The molecule has 0 bridgehead atoms. The molecule has 0 aliphatic carbocycles. The highest BCUT2D eigenvalue weighted by atomic mass is 17.1. The zero-order chi connectivity index (χ0) is 7.82. The van der Waals surface area contributed by atoms with Gasteiger partial charge in [-0.05, 0) is 6.42 Å². The zero-order valence-electron chi connectivity index (χ0n) is 5.86. The summed E-state index contributed by atoms with van der Waals surface area (Å²) in [7, 11) is 0. The molecule has 1 N–H and O–H groups in total. The molecular formula is C8H12O2. The molecule has 0 amide bonds. The minimum absolute atomic E-state index is 0.309. The highest BCUT2D eigenvalue weighted by Gasteiger charge is 1.97. The molecule has 0 aliphatic heterocycles. The smallest absolute Gasteiger partial charge is 0.114 e. The van der Waals surface area contributed by atoms with Crippen LogP contribution in [0.15, 0.2) is 37.5 Å². The second kappa shape index (κ2) is 6.26. The Labute approximate surface area is 61.1 Å². The minimum Gasteiger partial charge on any atom is -0.251 e. The Kier molecular flexibility index (Phi) is 5.72. The third-order valence-electron chi connectivity index (χ3n) is 1.04. The SMILES string of the molecule is C=CC=CCC(C=C)OO. The van der Waals surface area contributed by atoms with E-state index in [0.29, 0.717) is 6.42 Å². The van der Waals surface area contributed by atoms with Crippen LogP contribution in [0.4, 0.5) is 0 Å². The monoisotopic (exact) mass is 140 g/mol. The van der Waals surface area contributed by atoms with Crippen LogP contribution >= 0.6 is 0 Å². The Morgan fingerprint density at radius 3 is 2.60 bits per heavy atom. The van der Waals surface area contributed by atoms with Crippen molar-refractivity contribution >= 4 is 0 Å². The van der Waals surface area contributed by atoms with Gasteiger partial charge in [0.05, 0.1) is 0 Å². The van der Waals surface area contributed by atoms with E-state index in [1.807, 2.05) is 6.08 Å². The first-order valence-electron chi connectivity index (χ1n) is 3.05. The summed E-state index contributed by atoms with van der Waals surface area (Å²) in [6, 6.07) is 0. The molecule has 2 nitrogen and oxygen atoms in total. The van der Waals surface area contributed by atoms with E-state index in [0.717, 1.165) is 0 Å². The maximum Gasteiger partial charge on any atom is 0.114 e. The minimum atomic E-state index is -0.309. The second-order valence-electron chi connectivity index (χ2n) is 1.78. The van der Waals surface area contributed by atoms with Crippen molar-refractivity contribution in [3.63, 3.8) is 0 Å². The van der Waals surface area contributed by atoms with Crippen molar-refractivity contribution in [2.45, 2.75) is 12.5 Å². The lowest BCUT2D eigenvalue weighted by atomic mass is 10.2. The van der Waals surface area contributed by atoms with Crippen LogP contribution in [0.1, 0.15) is 6.42 Å². The molecule has 0 aromatic carbocycles. The summed E-state index contributed by atoms with van der Waals surface area (Å²) >= 11 is 0. The Morgan fingerprint density at radius 2 is 2.20 bits per heavy atom. The third-order valence-corrected chi connectivity index (χ3v) is 1.04. The predicted molar refractivity (Wildman–Crippen MR) is 41.7 cm³/mol. The van der Waals surface area contributed by atoms with Crippen molar-refractivity contribution in [1.82, 2.24) is 0 Å². The van der Waals surface area contributed by atoms with Gasteiger partial charge in [-0.3, -0.25) is 5.26 Å². The zero-order valence-corrected chi connectivity index (χ0v) is 5.86. The fourth-order valence-electron chi connectivity index (χ4n) is 0.491. The van der Waals surface area contributed by atoms with E-state index in [1.54, 1.807) is 12.2 Å². The third kappa shape index (κ3) is 4.06. The summed E-state index contributed by atoms with van der Waals surface area (Å²) in [6.07, 6.45) is 7.14. The van der Waals surface area contributed by atoms with Gasteiger partial charge in [0, 0.05) is 0 Å².